The van der Waals surface area contributed by atoms with E-state index in [1.165, 1.54) is 12.8 Å². The summed E-state index contributed by atoms with van der Waals surface area (Å²) in [5.41, 5.74) is 0. The molecule has 4 nitrogen and oxygen atoms in total. The molecular weight excluding hydrogens is 212 g/mol. The summed E-state index contributed by atoms with van der Waals surface area (Å²) in [7, 11) is 0. The topological polar surface area (TPSA) is 41.0 Å². The number of aromatic nitrogens is 2. The van der Waals surface area contributed by atoms with Crippen LogP contribution < -0.4 is 10.2 Å². The summed E-state index contributed by atoms with van der Waals surface area (Å²) in [4.78, 5) is 11.3. The fourth-order valence-corrected chi connectivity index (χ4v) is 1.98. The highest BCUT2D eigenvalue weighted by Crippen LogP contribution is 2.31. The van der Waals surface area contributed by atoms with E-state index < -0.39 is 0 Å². The maximum atomic E-state index is 4.54. The van der Waals surface area contributed by atoms with Crippen LogP contribution in [0.5, 0.6) is 0 Å². The lowest BCUT2D eigenvalue weighted by atomic mass is 10.3. The van der Waals surface area contributed by atoms with Crippen molar-refractivity contribution in [1.82, 2.24) is 9.97 Å². The first-order chi connectivity index (χ1) is 8.22. The van der Waals surface area contributed by atoms with Crippen molar-refractivity contribution in [2.45, 2.75) is 33.6 Å². The fourth-order valence-electron chi connectivity index (χ4n) is 1.98. The molecule has 1 aliphatic rings. The van der Waals surface area contributed by atoms with Gasteiger partial charge < -0.3 is 10.2 Å². The molecule has 1 aromatic heterocycles. The molecule has 1 aromatic rings. The van der Waals surface area contributed by atoms with Crippen molar-refractivity contribution in [1.29, 1.82) is 0 Å². The van der Waals surface area contributed by atoms with Gasteiger partial charge in [-0.15, -0.1) is 0 Å². The van der Waals surface area contributed by atoms with Gasteiger partial charge in [-0.3, -0.25) is 0 Å². The molecule has 0 unspecified atom stereocenters. The minimum Gasteiger partial charge on any atom is -0.370 e. The molecule has 17 heavy (non-hydrogen) atoms. The smallest absolute Gasteiger partial charge is 0.134 e. The second-order valence-corrected chi connectivity index (χ2v) is 4.67. The predicted octanol–water partition coefficient (Wildman–Crippen LogP) is 2.45. The predicted molar refractivity (Wildman–Crippen MR) is 71.5 cm³/mol. The van der Waals surface area contributed by atoms with E-state index in [0.717, 1.165) is 43.0 Å². The first-order valence-electron chi connectivity index (χ1n) is 6.57. The van der Waals surface area contributed by atoms with Crippen LogP contribution in [0.3, 0.4) is 0 Å². The van der Waals surface area contributed by atoms with Gasteiger partial charge >= 0.3 is 0 Å². The summed E-state index contributed by atoms with van der Waals surface area (Å²) in [6.45, 7) is 9.27. The van der Waals surface area contributed by atoms with Crippen molar-refractivity contribution in [3.8, 4) is 0 Å². The van der Waals surface area contributed by atoms with Crippen molar-refractivity contribution in [2.24, 2.45) is 5.92 Å². The van der Waals surface area contributed by atoms with E-state index in [1.807, 2.05) is 6.92 Å². The molecule has 4 heteroatoms. The molecule has 0 amide bonds. The van der Waals surface area contributed by atoms with E-state index in [1.54, 1.807) is 0 Å². The van der Waals surface area contributed by atoms with Crippen molar-refractivity contribution in [3.63, 3.8) is 0 Å². The second kappa shape index (κ2) is 5.34. The molecule has 2 rings (SSSR count). The first-order valence-corrected chi connectivity index (χ1v) is 6.57. The van der Waals surface area contributed by atoms with Crippen molar-refractivity contribution >= 4 is 11.6 Å². The highest BCUT2D eigenvalue weighted by Gasteiger charge is 2.24. The molecule has 94 valence electrons. The Bertz CT molecular complexity index is 374. The van der Waals surface area contributed by atoms with E-state index in [-0.39, 0.29) is 0 Å². The van der Waals surface area contributed by atoms with Gasteiger partial charge in [0.05, 0.1) is 0 Å². The maximum absolute atomic E-state index is 4.54. The molecule has 1 fully saturated rings. The van der Waals surface area contributed by atoms with Crippen LogP contribution in [0.4, 0.5) is 11.6 Å². The number of anilines is 2. The second-order valence-electron chi connectivity index (χ2n) is 4.67. The van der Waals surface area contributed by atoms with Crippen LogP contribution in [-0.4, -0.2) is 29.6 Å². The molecule has 0 aliphatic heterocycles. The first kappa shape index (κ1) is 12.1. The van der Waals surface area contributed by atoms with Crippen LogP contribution >= 0.6 is 0 Å². The van der Waals surface area contributed by atoms with E-state index in [2.05, 4.69) is 40.1 Å². The molecule has 0 bridgehead atoms. The molecular formula is C13H22N4. The lowest BCUT2D eigenvalue weighted by Gasteiger charge is -2.22. The Morgan fingerprint density at radius 1 is 1.35 bits per heavy atom. The summed E-state index contributed by atoms with van der Waals surface area (Å²) in [6.07, 6.45) is 2.75. The fraction of sp³-hybridized carbons (Fsp3) is 0.692. The Kier molecular flexibility index (Phi) is 3.82. The van der Waals surface area contributed by atoms with Gasteiger partial charge in [0.25, 0.3) is 0 Å². The van der Waals surface area contributed by atoms with E-state index >= 15 is 0 Å². The van der Waals surface area contributed by atoms with Gasteiger partial charge in [-0.1, -0.05) is 0 Å². The molecule has 0 radical (unpaired) electrons. The van der Waals surface area contributed by atoms with Gasteiger partial charge in [0.1, 0.15) is 17.5 Å². The molecule has 0 atom stereocenters. The molecule has 1 aliphatic carbocycles. The van der Waals surface area contributed by atoms with Crippen LogP contribution in [-0.2, 0) is 0 Å². The third-order valence-corrected chi connectivity index (χ3v) is 3.06. The maximum Gasteiger partial charge on any atom is 0.134 e. The molecule has 0 spiro atoms. The minimum absolute atomic E-state index is 0.840. The Balaban J connectivity index is 2.15. The Morgan fingerprint density at radius 3 is 2.71 bits per heavy atom. The number of nitrogens with one attached hydrogen (secondary N) is 1. The average Bonchev–Trinajstić information content (AvgIpc) is 3.09. The quantitative estimate of drug-likeness (QED) is 0.821. The normalized spacial score (nSPS) is 14.8. The zero-order valence-corrected chi connectivity index (χ0v) is 11.0. The van der Waals surface area contributed by atoms with Gasteiger partial charge in [-0.2, -0.15) is 0 Å². The van der Waals surface area contributed by atoms with Gasteiger partial charge in [-0.25, -0.2) is 9.97 Å². The van der Waals surface area contributed by atoms with Crippen LogP contribution in [0, 0.1) is 12.8 Å². The van der Waals surface area contributed by atoms with E-state index in [0.29, 0.717) is 0 Å². The average molecular weight is 234 g/mol. The summed E-state index contributed by atoms with van der Waals surface area (Å²) in [5.74, 6) is 3.72. The van der Waals surface area contributed by atoms with Crippen LogP contribution in [0.1, 0.15) is 32.5 Å². The van der Waals surface area contributed by atoms with Crippen LogP contribution in [0.25, 0.3) is 0 Å². The number of hydrogen-bond donors (Lipinski definition) is 1. The highest BCUT2D eigenvalue weighted by molar-refractivity contribution is 5.49. The third kappa shape index (κ3) is 3.32. The van der Waals surface area contributed by atoms with Gasteiger partial charge in [0.15, 0.2) is 0 Å². The Morgan fingerprint density at radius 2 is 2.12 bits per heavy atom. The van der Waals surface area contributed by atoms with Crippen molar-refractivity contribution in [3.05, 3.63) is 11.9 Å². The number of rotatable bonds is 6. The summed E-state index contributed by atoms with van der Waals surface area (Å²) >= 11 is 0. The number of hydrogen-bond acceptors (Lipinski definition) is 4. The molecule has 0 saturated heterocycles. The molecule has 0 aromatic carbocycles. The lowest BCUT2D eigenvalue weighted by Crippen LogP contribution is -2.26. The van der Waals surface area contributed by atoms with E-state index in [9.17, 15) is 0 Å². The largest absolute Gasteiger partial charge is 0.370 e. The van der Waals surface area contributed by atoms with E-state index in [4.69, 9.17) is 0 Å². The number of aryl methyl sites for hydroxylation is 1. The zero-order chi connectivity index (χ0) is 12.3. The van der Waals surface area contributed by atoms with Crippen molar-refractivity contribution < 1.29 is 0 Å². The summed E-state index contributed by atoms with van der Waals surface area (Å²) in [5, 5.41) is 3.26. The minimum atomic E-state index is 0.840. The van der Waals surface area contributed by atoms with Crippen LogP contribution in [0.15, 0.2) is 6.07 Å². The third-order valence-electron chi connectivity index (χ3n) is 3.06. The molecule has 1 N–H and O–H groups in total. The lowest BCUT2D eigenvalue weighted by molar-refractivity contribution is 0.728. The molecule has 1 heterocycles. The van der Waals surface area contributed by atoms with Gasteiger partial charge in [0, 0.05) is 25.7 Å². The number of nitrogens with zero attached hydrogens (tertiary/aromatic N) is 3. The molecule has 1 saturated carbocycles. The van der Waals surface area contributed by atoms with Gasteiger partial charge in [0.2, 0.25) is 0 Å². The SMILES string of the molecule is CCNc1cc(N(CC)CC2CC2)nc(C)n1. The van der Waals surface area contributed by atoms with Gasteiger partial charge in [-0.05, 0) is 39.5 Å². The standard InChI is InChI=1S/C13H22N4/c1-4-14-12-8-13(16-10(3)15-12)17(5-2)9-11-6-7-11/h8,11H,4-7,9H2,1-3H3,(H,14,15,16). The Hall–Kier alpha value is -1.32. The summed E-state index contributed by atoms with van der Waals surface area (Å²) in [6, 6.07) is 2.06. The van der Waals surface area contributed by atoms with Crippen molar-refractivity contribution in [2.75, 3.05) is 29.9 Å². The van der Waals surface area contributed by atoms with Crippen LogP contribution in [0.2, 0.25) is 0 Å². The highest BCUT2D eigenvalue weighted by atomic mass is 15.2. The zero-order valence-electron chi connectivity index (χ0n) is 11.0. The Labute approximate surface area is 103 Å². The summed E-state index contributed by atoms with van der Waals surface area (Å²) < 4.78 is 0. The monoisotopic (exact) mass is 234 g/mol.